The van der Waals surface area contributed by atoms with Crippen LogP contribution < -0.4 is 5.73 Å². The highest BCUT2D eigenvalue weighted by Gasteiger charge is 2.14. The van der Waals surface area contributed by atoms with Crippen molar-refractivity contribution in [1.82, 2.24) is 4.90 Å². The molecule has 16 heavy (non-hydrogen) atoms. The molecule has 0 heterocycles. The Balaban J connectivity index is 3.72. The predicted molar refractivity (Wildman–Crippen MR) is 63.2 cm³/mol. The lowest BCUT2D eigenvalue weighted by Crippen LogP contribution is -2.37. The molecule has 0 spiro atoms. The SMILES string of the molecule is CCOCCN(CC)CCC(N)C(=O)OC. The zero-order valence-corrected chi connectivity index (χ0v) is 10.6. The fourth-order valence-corrected chi connectivity index (χ4v) is 1.36. The van der Waals surface area contributed by atoms with Crippen LogP contribution in [0.2, 0.25) is 0 Å². The maximum Gasteiger partial charge on any atom is 0.322 e. The molecule has 0 aromatic heterocycles. The summed E-state index contributed by atoms with van der Waals surface area (Å²) >= 11 is 0. The third-order valence-corrected chi connectivity index (χ3v) is 2.46. The van der Waals surface area contributed by atoms with Crippen molar-refractivity contribution in [1.29, 1.82) is 0 Å². The first-order valence-corrected chi connectivity index (χ1v) is 5.79. The maximum atomic E-state index is 11.1. The van der Waals surface area contributed by atoms with E-state index < -0.39 is 6.04 Å². The van der Waals surface area contributed by atoms with Crippen molar-refractivity contribution in [2.75, 3.05) is 40.0 Å². The minimum atomic E-state index is -0.522. The Hall–Kier alpha value is -0.650. The topological polar surface area (TPSA) is 64.8 Å². The Labute approximate surface area is 97.9 Å². The Morgan fingerprint density at radius 2 is 2.06 bits per heavy atom. The smallest absolute Gasteiger partial charge is 0.322 e. The molecule has 0 aromatic carbocycles. The van der Waals surface area contributed by atoms with Crippen molar-refractivity contribution in [3.05, 3.63) is 0 Å². The molecule has 0 saturated carbocycles. The number of ether oxygens (including phenoxy) is 2. The number of nitrogens with two attached hydrogens (primary N) is 1. The van der Waals surface area contributed by atoms with E-state index in [-0.39, 0.29) is 5.97 Å². The zero-order valence-electron chi connectivity index (χ0n) is 10.6. The summed E-state index contributed by atoms with van der Waals surface area (Å²) in [5, 5.41) is 0. The summed E-state index contributed by atoms with van der Waals surface area (Å²) in [6.45, 7) is 8.11. The molecular formula is C11H24N2O3. The molecule has 5 nitrogen and oxygen atoms in total. The van der Waals surface area contributed by atoms with Gasteiger partial charge in [0.1, 0.15) is 6.04 Å². The number of hydrogen-bond acceptors (Lipinski definition) is 5. The molecule has 0 aliphatic carbocycles. The minimum Gasteiger partial charge on any atom is -0.468 e. The van der Waals surface area contributed by atoms with Crippen LogP contribution in [0, 0.1) is 0 Å². The molecule has 1 unspecified atom stereocenters. The summed E-state index contributed by atoms with van der Waals surface area (Å²) < 4.78 is 9.85. The summed E-state index contributed by atoms with van der Waals surface area (Å²) in [6.07, 6.45) is 0.618. The van der Waals surface area contributed by atoms with E-state index in [9.17, 15) is 4.79 Å². The van der Waals surface area contributed by atoms with Gasteiger partial charge in [0.25, 0.3) is 0 Å². The lowest BCUT2D eigenvalue weighted by atomic mass is 10.2. The fourth-order valence-electron chi connectivity index (χ4n) is 1.36. The molecule has 0 amide bonds. The lowest BCUT2D eigenvalue weighted by Gasteiger charge is -2.21. The molecule has 0 saturated heterocycles. The van der Waals surface area contributed by atoms with Crippen LogP contribution in [0.3, 0.4) is 0 Å². The summed E-state index contributed by atoms with van der Waals surface area (Å²) in [5.41, 5.74) is 5.65. The number of likely N-dealkylation sites (N-methyl/N-ethyl adjacent to an activating group) is 1. The molecule has 0 radical (unpaired) electrons. The Morgan fingerprint density at radius 1 is 1.38 bits per heavy atom. The van der Waals surface area contributed by atoms with Crippen LogP contribution in [-0.2, 0) is 14.3 Å². The van der Waals surface area contributed by atoms with E-state index in [1.54, 1.807) is 0 Å². The predicted octanol–water partition coefficient (Wildman–Crippen LogP) is 0.235. The number of carbonyl (C=O) groups excluding carboxylic acids is 1. The van der Waals surface area contributed by atoms with Crippen LogP contribution in [0.5, 0.6) is 0 Å². The van der Waals surface area contributed by atoms with E-state index in [0.29, 0.717) is 6.42 Å². The van der Waals surface area contributed by atoms with Crippen LogP contribution in [0.4, 0.5) is 0 Å². The second kappa shape index (κ2) is 9.57. The van der Waals surface area contributed by atoms with Gasteiger partial charge in [-0.3, -0.25) is 4.79 Å². The quantitative estimate of drug-likeness (QED) is 0.455. The van der Waals surface area contributed by atoms with E-state index in [2.05, 4.69) is 16.6 Å². The van der Waals surface area contributed by atoms with Gasteiger partial charge in [-0.25, -0.2) is 0 Å². The second-order valence-corrected chi connectivity index (χ2v) is 3.55. The maximum absolute atomic E-state index is 11.1. The Kier molecular flexibility index (Phi) is 9.18. The fraction of sp³-hybridized carbons (Fsp3) is 0.909. The van der Waals surface area contributed by atoms with Crippen LogP contribution in [0.25, 0.3) is 0 Å². The third-order valence-electron chi connectivity index (χ3n) is 2.46. The first kappa shape index (κ1) is 15.3. The van der Waals surface area contributed by atoms with Crippen LogP contribution >= 0.6 is 0 Å². The van der Waals surface area contributed by atoms with Gasteiger partial charge in [0, 0.05) is 19.7 Å². The van der Waals surface area contributed by atoms with Crippen molar-refractivity contribution >= 4 is 5.97 Å². The van der Waals surface area contributed by atoms with Gasteiger partial charge >= 0.3 is 5.97 Å². The van der Waals surface area contributed by atoms with E-state index in [1.807, 2.05) is 6.92 Å². The standard InChI is InChI=1S/C11H24N2O3/c1-4-13(8-9-16-5-2)7-6-10(12)11(14)15-3/h10H,4-9,12H2,1-3H3. The molecule has 96 valence electrons. The Morgan fingerprint density at radius 3 is 2.56 bits per heavy atom. The van der Waals surface area contributed by atoms with Crippen LogP contribution in [0.15, 0.2) is 0 Å². The molecular weight excluding hydrogens is 208 g/mol. The number of rotatable bonds is 9. The van der Waals surface area contributed by atoms with Gasteiger partial charge in [-0.1, -0.05) is 6.92 Å². The first-order chi connectivity index (χ1) is 7.65. The second-order valence-electron chi connectivity index (χ2n) is 3.55. The summed E-state index contributed by atoms with van der Waals surface area (Å²) in [5.74, 6) is -0.346. The monoisotopic (exact) mass is 232 g/mol. The summed E-state index contributed by atoms with van der Waals surface area (Å²) in [7, 11) is 1.36. The number of methoxy groups -OCH3 is 1. The van der Waals surface area contributed by atoms with E-state index in [0.717, 1.165) is 32.8 Å². The molecule has 5 heteroatoms. The number of nitrogens with zero attached hydrogens (tertiary/aromatic N) is 1. The summed E-state index contributed by atoms with van der Waals surface area (Å²) in [6, 6.07) is -0.522. The average molecular weight is 232 g/mol. The van der Waals surface area contributed by atoms with Crippen molar-refractivity contribution < 1.29 is 14.3 Å². The third kappa shape index (κ3) is 6.76. The molecule has 1 atom stereocenters. The normalized spacial score (nSPS) is 12.8. The molecule has 0 fully saturated rings. The first-order valence-electron chi connectivity index (χ1n) is 5.79. The lowest BCUT2D eigenvalue weighted by molar-refractivity contribution is -0.142. The highest BCUT2D eigenvalue weighted by Crippen LogP contribution is 1.96. The van der Waals surface area contributed by atoms with Gasteiger partial charge in [-0.15, -0.1) is 0 Å². The van der Waals surface area contributed by atoms with E-state index in [4.69, 9.17) is 10.5 Å². The molecule has 0 aromatic rings. The molecule has 0 rings (SSSR count). The number of hydrogen-bond donors (Lipinski definition) is 1. The van der Waals surface area contributed by atoms with Crippen LogP contribution in [-0.4, -0.2) is 56.9 Å². The summed E-state index contributed by atoms with van der Waals surface area (Å²) in [4.78, 5) is 13.3. The van der Waals surface area contributed by atoms with Crippen LogP contribution in [0.1, 0.15) is 20.3 Å². The Bertz CT molecular complexity index is 188. The van der Waals surface area contributed by atoms with Gasteiger partial charge in [-0.2, -0.15) is 0 Å². The largest absolute Gasteiger partial charge is 0.468 e. The number of carbonyl (C=O) groups is 1. The van der Waals surface area contributed by atoms with Crippen molar-refractivity contribution in [3.8, 4) is 0 Å². The van der Waals surface area contributed by atoms with Crippen molar-refractivity contribution in [2.45, 2.75) is 26.3 Å². The molecule has 0 aliphatic rings. The zero-order chi connectivity index (χ0) is 12.4. The van der Waals surface area contributed by atoms with Crippen molar-refractivity contribution in [3.63, 3.8) is 0 Å². The number of esters is 1. The van der Waals surface area contributed by atoms with E-state index >= 15 is 0 Å². The molecule has 2 N–H and O–H groups in total. The van der Waals surface area contributed by atoms with Gasteiger partial charge < -0.3 is 20.1 Å². The van der Waals surface area contributed by atoms with Gasteiger partial charge in [-0.05, 0) is 19.9 Å². The molecule has 0 bridgehead atoms. The minimum absolute atomic E-state index is 0.346. The van der Waals surface area contributed by atoms with Gasteiger partial charge in [0.2, 0.25) is 0 Å². The van der Waals surface area contributed by atoms with Gasteiger partial charge in [0.15, 0.2) is 0 Å². The van der Waals surface area contributed by atoms with Gasteiger partial charge in [0.05, 0.1) is 13.7 Å². The highest BCUT2D eigenvalue weighted by molar-refractivity contribution is 5.75. The highest BCUT2D eigenvalue weighted by atomic mass is 16.5. The van der Waals surface area contributed by atoms with Crippen molar-refractivity contribution in [2.24, 2.45) is 5.73 Å². The molecule has 0 aliphatic heterocycles. The average Bonchev–Trinajstić information content (AvgIpc) is 2.32. The van der Waals surface area contributed by atoms with E-state index in [1.165, 1.54) is 7.11 Å².